The topological polar surface area (TPSA) is 76.0 Å². The summed E-state index contributed by atoms with van der Waals surface area (Å²) in [6.07, 6.45) is 2.63. The number of hydrogen-bond donors (Lipinski definition) is 2. The molecule has 1 saturated carbocycles. The van der Waals surface area contributed by atoms with Crippen LogP contribution in [0.1, 0.15) is 52.4 Å². The van der Waals surface area contributed by atoms with Gasteiger partial charge in [0.05, 0.1) is 31.1 Å². The minimum atomic E-state index is -3.33. The summed E-state index contributed by atoms with van der Waals surface area (Å²) in [5.41, 5.74) is -0.587. The molecular weight excluding hydrogens is 267 g/mol. The molecule has 0 aromatic carbocycles. The standard InChI is InChI=1S/C13H27O5P/c1-3-5-9-17-19(16,18-10-6-4-2)12-8-7-11(14)13(12)15/h11-15H,3-10H2,1-2H3. The van der Waals surface area contributed by atoms with Crippen molar-refractivity contribution in [2.24, 2.45) is 0 Å². The summed E-state index contributed by atoms with van der Waals surface area (Å²) in [6.45, 7) is 4.80. The van der Waals surface area contributed by atoms with Crippen molar-refractivity contribution < 1.29 is 23.8 Å². The molecule has 0 aliphatic heterocycles. The molecule has 5 nitrogen and oxygen atoms in total. The van der Waals surface area contributed by atoms with E-state index in [4.69, 9.17) is 9.05 Å². The molecule has 1 rings (SSSR count). The van der Waals surface area contributed by atoms with E-state index in [9.17, 15) is 14.8 Å². The third-order valence-electron chi connectivity index (χ3n) is 3.49. The number of aliphatic hydroxyl groups is 2. The Morgan fingerprint density at radius 1 is 1.05 bits per heavy atom. The maximum Gasteiger partial charge on any atom is 0.336 e. The molecule has 0 saturated heterocycles. The van der Waals surface area contributed by atoms with Crippen LogP contribution in [-0.2, 0) is 13.6 Å². The zero-order valence-corrected chi connectivity index (χ0v) is 12.8. The van der Waals surface area contributed by atoms with Crippen molar-refractivity contribution in [2.75, 3.05) is 13.2 Å². The normalized spacial score (nSPS) is 27.9. The van der Waals surface area contributed by atoms with Crippen LogP contribution in [0.25, 0.3) is 0 Å². The Kier molecular flexibility index (Phi) is 7.55. The van der Waals surface area contributed by atoms with E-state index in [1.807, 2.05) is 13.8 Å². The molecule has 19 heavy (non-hydrogen) atoms. The lowest BCUT2D eigenvalue weighted by Crippen LogP contribution is -2.30. The molecule has 0 heterocycles. The van der Waals surface area contributed by atoms with E-state index in [0.717, 1.165) is 25.7 Å². The lowest BCUT2D eigenvalue weighted by atomic mass is 10.3. The Morgan fingerprint density at radius 2 is 1.58 bits per heavy atom. The first-order valence-electron chi connectivity index (χ1n) is 7.30. The largest absolute Gasteiger partial charge is 0.390 e. The van der Waals surface area contributed by atoms with Gasteiger partial charge in [0.1, 0.15) is 0 Å². The predicted octanol–water partition coefficient (Wildman–Crippen LogP) is 2.70. The van der Waals surface area contributed by atoms with Crippen molar-refractivity contribution in [3.05, 3.63) is 0 Å². The van der Waals surface area contributed by atoms with Gasteiger partial charge in [-0.05, 0) is 25.7 Å². The summed E-state index contributed by atoms with van der Waals surface area (Å²) in [7, 11) is -3.33. The molecule has 1 aliphatic carbocycles. The molecule has 1 aliphatic rings. The lowest BCUT2D eigenvalue weighted by molar-refractivity contribution is 0.0395. The second-order valence-electron chi connectivity index (χ2n) is 5.12. The fourth-order valence-corrected chi connectivity index (χ4v) is 4.45. The molecule has 3 unspecified atom stereocenters. The molecule has 114 valence electrons. The zero-order valence-electron chi connectivity index (χ0n) is 12.0. The Bertz CT molecular complexity index is 283. The number of unbranched alkanes of at least 4 members (excludes halogenated alkanes) is 2. The van der Waals surface area contributed by atoms with Gasteiger partial charge in [-0.1, -0.05) is 26.7 Å². The maximum absolute atomic E-state index is 12.8. The van der Waals surface area contributed by atoms with E-state index in [0.29, 0.717) is 26.1 Å². The molecule has 0 bridgehead atoms. The average Bonchev–Trinajstić information content (AvgIpc) is 2.71. The Labute approximate surface area is 115 Å². The fourth-order valence-electron chi connectivity index (χ4n) is 2.19. The average molecular weight is 294 g/mol. The summed E-state index contributed by atoms with van der Waals surface area (Å²) in [6, 6.07) is 0. The highest BCUT2D eigenvalue weighted by Gasteiger charge is 2.47. The predicted molar refractivity (Wildman–Crippen MR) is 74.4 cm³/mol. The molecule has 3 atom stereocenters. The van der Waals surface area contributed by atoms with Gasteiger partial charge in [0.2, 0.25) is 0 Å². The van der Waals surface area contributed by atoms with Gasteiger partial charge in [0.15, 0.2) is 0 Å². The molecule has 0 amide bonds. The second kappa shape index (κ2) is 8.38. The first-order valence-corrected chi connectivity index (χ1v) is 8.91. The number of aliphatic hydroxyl groups excluding tert-OH is 2. The van der Waals surface area contributed by atoms with Crippen LogP contribution in [-0.4, -0.2) is 41.3 Å². The Hall–Kier alpha value is 0.0700. The molecule has 0 radical (unpaired) electrons. The first kappa shape index (κ1) is 17.1. The van der Waals surface area contributed by atoms with Gasteiger partial charge in [-0.2, -0.15) is 0 Å². The van der Waals surface area contributed by atoms with Gasteiger partial charge in [-0.25, -0.2) is 0 Å². The van der Waals surface area contributed by atoms with E-state index < -0.39 is 25.5 Å². The summed E-state index contributed by atoms with van der Waals surface area (Å²) < 4.78 is 23.8. The van der Waals surface area contributed by atoms with Gasteiger partial charge < -0.3 is 19.3 Å². The van der Waals surface area contributed by atoms with Gasteiger partial charge in [-0.15, -0.1) is 0 Å². The molecule has 0 spiro atoms. The fraction of sp³-hybridized carbons (Fsp3) is 1.00. The van der Waals surface area contributed by atoms with Crippen molar-refractivity contribution in [1.82, 2.24) is 0 Å². The summed E-state index contributed by atoms with van der Waals surface area (Å²) in [5.74, 6) is 0. The van der Waals surface area contributed by atoms with E-state index in [2.05, 4.69) is 0 Å². The second-order valence-corrected chi connectivity index (χ2v) is 7.38. The smallest absolute Gasteiger partial charge is 0.336 e. The van der Waals surface area contributed by atoms with Gasteiger partial charge in [0.25, 0.3) is 0 Å². The van der Waals surface area contributed by atoms with Gasteiger partial charge in [0, 0.05) is 0 Å². The van der Waals surface area contributed by atoms with Crippen LogP contribution < -0.4 is 0 Å². The minimum absolute atomic E-state index is 0.374. The van der Waals surface area contributed by atoms with Crippen molar-refractivity contribution in [3.63, 3.8) is 0 Å². The maximum atomic E-state index is 12.8. The van der Waals surface area contributed by atoms with Crippen LogP contribution in [0.4, 0.5) is 0 Å². The van der Waals surface area contributed by atoms with Crippen LogP contribution in [0, 0.1) is 0 Å². The third-order valence-corrected chi connectivity index (χ3v) is 5.95. The van der Waals surface area contributed by atoms with Crippen LogP contribution in [0.15, 0.2) is 0 Å². The van der Waals surface area contributed by atoms with Crippen LogP contribution >= 0.6 is 7.60 Å². The molecule has 0 aromatic rings. The Morgan fingerprint density at radius 3 is 1.95 bits per heavy atom. The number of rotatable bonds is 9. The van der Waals surface area contributed by atoms with E-state index in [1.165, 1.54) is 0 Å². The van der Waals surface area contributed by atoms with Crippen molar-refractivity contribution in [3.8, 4) is 0 Å². The highest BCUT2D eigenvalue weighted by Crippen LogP contribution is 2.58. The van der Waals surface area contributed by atoms with E-state index in [-0.39, 0.29) is 0 Å². The third kappa shape index (κ3) is 4.83. The van der Waals surface area contributed by atoms with Crippen molar-refractivity contribution in [1.29, 1.82) is 0 Å². The molecule has 1 fully saturated rings. The highest BCUT2D eigenvalue weighted by molar-refractivity contribution is 7.54. The molecule has 2 N–H and O–H groups in total. The quantitative estimate of drug-likeness (QED) is 0.505. The lowest BCUT2D eigenvalue weighted by Gasteiger charge is -2.26. The summed E-state index contributed by atoms with van der Waals surface area (Å²) in [4.78, 5) is 0. The van der Waals surface area contributed by atoms with Gasteiger partial charge >= 0.3 is 7.60 Å². The van der Waals surface area contributed by atoms with Crippen molar-refractivity contribution >= 4 is 7.60 Å². The SMILES string of the molecule is CCCCOP(=O)(OCCCC)C1CCC(O)C1O. The molecule has 0 aromatic heterocycles. The number of hydrogen-bond acceptors (Lipinski definition) is 5. The molecule has 6 heteroatoms. The first-order chi connectivity index (χ1) is 9.05. The summed E-state index contributed by atoms with van der Waals surface area (Å²) >= 11 is 0. The van der Waals surface area contributed by atoms with Crippen LogP contribution in [0.5, 0.6) is 0 Å². The van der Waals surface area contributed by atoms with Crippen LogP contribution in [0.2, 0.25) is 0 Å². The summed E-state index contributed by atoms with van der Waals surface area (Å²) in [5, 5.41) is 19.5. The van der Waals surface area contributed by atoms with E-state index >= 15 is 0 Å². The van der Waals surface area contributed by atoms with Gasteiger partial charge in [-0.3, -0.25) is 4.57 Å². The Balaban J connectivity index is 2.64. The van der Waals surface area contributed by atoms with E-state index in [1.54, 1.807) is 0 Å². The highest BCUT2D eigenvalue weighted by atomic mass is 31.2. The molecular formula is C13H27O5P. The zero-order chi connectivity index (χ0) is 14.3. The monoisotopic (exact) mass is 294 g/mol. The van der Waals surface area contributed by atoms with Crippen molar-refractivity contribution in [2.45, 2.75) is 70.2 Å². The van der Waals surface area contributed by atoms with Crippen LogP contribution in [0.3, 0.4) is 0 Å². The minimum Gasteiger partial charge on any atom is -0.390 e.